The summed E-state index contributed by atoms with van der Waals surface area (Å²) in [4.78, 5) is 12.5. The third-order valence-corrected chi connectivity index (χ3v) is 5.63. The van der Waals surface area contributed by atoms with E-state index in [-0.39, 0.29) is 23.4 Å². The summed E-state index contributed by atoms with van der Waals surface area (Å²) in [5.74, 6) is -1.21. The zero-order valence-corrected chi connectivity index (χ0v) is 19.0. The van der Waals surface area contributed by atoms with Gasteiger partial charge in [-0.25, -0.2) is 8.78 Å². The summed E-state index contributed by atoms with van der Waals surface area (Å²) in [6.07, 6.45) is 1.52. The molecule has 0 radical (unpaired) electrons. The number of halogens is 3. The lowest BCUT2D eigenvalue weighted by Gasteiger charge is -2.15. The van der Waals surface area contributed by atoms with E-state index in [0.29, 0.717) is 18.0 Å². The second-order valence-corrected chi connectivity index (χ2v) is 8.10. The maximum absolute atomic E-state index is 13.8. The van der Waals surface area contributed by atoms with Crippen LogP contribution in [0.2, 0.25) is 5.02 Å². The van der Waals surface area contributed by atoms with Gasteiger partial charge in [0.2, 0.25) is 0 Å². The molecule has 3 aromatic rings. The number of nitrogens with zero attached hydrogens (tertiary/aromatic N) is 1. The molecule has 3 rings (SSSR count). The first-order valence-electron chi connectivity index (χ1n) is 10.4. The van der Waals surface area contributed by atoms with Crippen LogP contribution in [0.15, 0.2) is 52.6 Å². The van der Waals surface area contributed by atoms with Crippen molar-refractivity contribution >= 4 is 23.1 Å². The number of carbonyl (C=O) groups excluding carboxylic acids is 1. The van der Waals surface area contributed by atoms with Crippen LogP contribution in [-0.4, -0.2) is 17.6 Å². The molecule has 32 heavy (non-hydrogen) atoms. The van der Waals surface area contributed by atoms with Crippen LogP contribution in [0.25, 0.3) is 5.57 Å². The molecule has 0 aliphatic heterocycles. The molecule has 0 atom stereocenters. The summed E-state index contributed by atoms with van der Waals surface area (Å²) in [7, 11) is 0. The van der Waals surface area contributed by atoms with Gasteiger partial charge in [0.1, 0.15) is 17.4 Å². The molecule has 0 unspecified atom stereocenters. The normalized spacial score (nSPS) is 11.9. The van der Waals surface area contributed by atoms with Gasteiger partial charge in [0, 0.05) is 24.1 Å². The van der Waals surface area contributed by atoms with Crippen molar-refractivity contribution in [3.05, 3.63) is 92.8 Å². The molecular weight excluding hydrogens is 434 g/mol. The van der Waals surface area contributed by atoms with Crippen molar-refractivity contribution in [2.75, 3.05) is 6.54 Å². The Morgan fingerprint density at radius 3 is 2.69 bits per heavy atom. The molecule has 168 valence electrons. The summed E-state index contributed by atoms with van der Waals surface area (Å²) < 4.78 is 32.3. The van der Waals surface area contributed by atoms with E-state index in [2.05, 4.69) is 24.3 Å². The molecule has 1 N–H and O–H groups in total. The minimum Gasteiger partial charge on any atom is -0.360 e. The molecule has 0 aliphatic carbocycles. The molecule has 1 aromatic heterocycles. The van der Waals surface area contributed by atoms with Gasteiger partial charge in [-0.2, -0.15) is 0 Å². The van der Waals surface area contributed by atoms with E-state index in [1.165, 1.54) is 11.6 Å². The second kappa shape index (κ2) is 10.6. The molecule has 0 saturated carbocycles. The lowest BCUT2D eigenvalue weighted by molar-refractivity contribution is 0.0945. The van der Waals surface area contributed by atoms with Crippen molar-refractivity contribution in [1.29, 1.82) is 0 Å². The van der Waals surface area contributed by atoms with E-state index in [1.807, 2.05) is 25.1 Å². The Balaban J connectivity index is 1.65. The number of rotatable bonds is 8. The standard InChI is InChI=1S/C25H25ClF2N2O2/c1-4-15(2)21(22-13-18(26)6-5-16(22)3)9-10-29-25(31)24-14-20(32-30-24)12-17-11-19(27)7-8-23(17)28/h5-8,11,13-14H,4,9-10,12H2,1-3H3,(H,29,31)/b21-15-. The molecule has 0 saturated heterocycles. The van der Waals surface area contributed by atoms with Gasteiger partial charge in [0.15, 0.2) is 5.69 Å². The van der Waals surface area contributed by atoms with Gasteiger partial charge in [-0.1, -0.05) is 35.3 Å². The van der Waals surface area contributed by atoms with Gasteiger partial charge < -0.3 is 9.84 Å². The third-order valence-electron chi connectivity index (χ3n) is 5.39. The van der Waals surface area contributed by atoms with Gasteiger partial charge in [0.05, 0.1) is 0 Å². The van der Waals surface area contributed by atoms with Crippen LogP contribution in [0.4, 0.5) is 8.78 Å². The first-order valence-corrected chi connectivity index (χ1v) is 10.8. The first-order chi connectivity index (χ1) is 15.3. The lowest BCUT2D eigenvalue weighted by atomic mass is 9.93. The third kappa shape index (κ3) is 5.82. The summed E-state index contributed by atoms with van der Waals surface area (Å²) >= 11 is 6.20. The Morgan fingerprint density at radius 1 is 1.16 bits per heavy atom. The fraction of sp³-hybridized carbons (Fsp3) is 0.280. The van der Waals surface area contributed by atoms with E-state index in [1.54, 1.807) is 0 Å². The quantitative estimate of drug-likeness (QED) is 0.418. The summed E-state index contributed by atoms with van der Waals surface area (Å²) in [5, 5.41) is 7.28. The second-order valence-electron chi connectivity index (χ2n) is 7.67. The van der Waals surface area contributed by atoms with Crippen molar-refractivity contribution in [1.82, 2.24) is 10.5 Å². The Labute approximate surface area is 191 Å². The van der Waals surface area contributed by atoms with Crippen molar-refractivity contribution in [3.8, 4) is 0 Å². The van der Waals surface area contributed by atoms with Gasteiger partial charge in [0.25, 0.3) is 5.91 Å². The molecule has 0 aliphatic rings. The van der Waals surface area contributed by atoms with E-state index >= 15 is 0 Å². The van der Waals surface area contributed by atoms with Gasteiger partial charge >= 0.3 is 0 Å². The highest BCUT2D eigenvalue weighted by molar-refractivity contribution is 6.30. The van der Waals surface area contributed by atoms with E-state index in [9.17, 15) is 13.6 Å². The highest BCUT2D eigenvalue weighted by Crippen LogP contribution is 2.29. The van der Waals surface area contributed by atoms with E-state index in [4.69, 9.17) is 16.1 Å². The average molecular weight is 459 g/mol. The zero-order chi connectivity index (χ0) is 23.3. The van der Waals surface area contributed by atoms with Gasteiger partial charge in [-0.3, -0.25) is 4.79 Å². The number of hydrogen-bond acceptors (Lipinski definition) is 3. The maximum Gasteiger partial charge on any atom is 0.273 e. The van der Waals surface area contributed by atoms with Crippen LogP contribution in [0.3, 0.4) is 0 Å². The molecule has 0 bridgehead atoms. The minimum atomic E-state index is -0.546. The number of hydrogen-bond donors (Lipinski definition) is 1. The van der Waals surface area contributed by atoms with Crippen molar-refractivity contribution < 1.29 is 18.1 Å². The smallest absolute Gasteiger partial charge is 0.273 e. The molecule has 2 aromatic carbocycles. The number of benzene rings is 2. The molecule has 4 nitrogen and oxygen atoms in total. The SMILES string of the molecule is CC/C(C)=C(/CCNC(=O)c1cc(Cc2cc(F)ccc2F)on1)c1cc(Cl)ccc1C. The fourth-order valence-electron chi connectivity index (χ4n) is 3.47. The number of amides is 1. The fourth-order valence-corrected chi connectivity index (χ4v) is 3.64. The number of aromatic nitrogens is 1. The van der Waals surface area contributed by atoms with Crippen LogP contribution >= 0.6 is 11.6 Å². The molecule has 0 fully saturated rings. The van der Waals surface area contributed by atoms with Gasteiger partial charge in [-0.15, -0.1) is 0 Å². The largest absolute Gasteiger partial charge is 0.360 e. The monoisotopic (exact) mass is 458 g/mol. The minimum absolute atomic E-state index is 0.000493. The van der Waals surface area contributed by atoms with Crippen molar-refractivity contribution in [3.63, 3.8) is 0 Å². The average Bonchev–Trinajstić information content (AvgIpc) is 3.24. The van der Waals surface area contributed by atoms with E-state index in [0.717, 1.165) is 41.3 Å². The lowest BCUT2D eigenvalue weighted by Crippen LogP contribution is -2.25. The Bertz CT molecular complexity index is 1150. The molecular formula is C25H25ClF2N2O2. The highest BCUT2D eigenvalue weighted by Gasteiger charge is 2.15. The summed E-state index contributed by atoms with van der Waals surface area (Å²) in [5.41, 5.74) is 4.80. The maximum atomic E-state index is 13.8. The van der Waals surface area contributed by atoms with Crippen molar-refractivity contribution in [2.45, 2.75) is 40.0 Å². The molecule has 1 heterocycles. The Hall–Kier alpha value is -2.99. The van der Waals surface area contributed by atoms with Crippen LogP contribution in [0.1, 0.15) is 59.6 Å². The first kappa shape index (κ1) is 23.7. The van der Waals surface area contributed by atoms with Gasteiger partial charge in [-0.05, 0) is 79.3 Å². The van der Waals surface area contributed by atoms with E-state index < -0.39 is 17.5 Å². The predicted molar refractivity (Wildman–Crippen MR) is 122 cm³/mol. The number of aryl methyl sites for hydroxylation is 1. The Kier molecular flexibility index (Phi) is 7.80. The van der Waals surface area contributed by atoms with Crippen LogP contribution in [0, 0.1) is 18.6 Å². The van der Waals surface area contributed by atoms with Crippen molar-refractivity contribution in [2.24, 2.45) is 0 Å². The van der Waals surface area contributed by atoms with Crippen LogP contribution in [-0.2, 0) is 6.42 Å². The summed E-state index contributed by atoms with van der Waals surface area (Å²) in [6, 6.07) is 10.4. The molecule has 7 heteroatoms. The van der Waals surface area contributed by atoms with Crippen LogP contribution in [0.5, 0.6) is 0 Å². The van der Waals surface area contributed by atoms with Crippen LogP contribution < -0.4 is 5.32 Å². The topological polar surface area (TPSA) is 55.1 Å². The predicted octanol–water partition coefficient (Wildman–Crippen LogP) is 6.51. The number of allylic oxidation sites excluding steroid dienone is 1. The zero-order valence-electron chi connectivity index (χ0n) is 18.3. The highest BCUT2D eigenvalue weighted by atomic mass is 35.5. The molecule has 1 amide bonds. The number of nitrogens with one attached hydrogen (secondary N) is 1. The number of carbonyl (C=O) groups is 1. The summed E-state index contributed by atoms with van der Waals surface area (Å²) in [6.45, 7) is 6.60. The molecule has 0 spiro atoms. The Morgan fingerprint density at radius 2 is 1.94 bits per heavy atom.